The minimum Gasteiger partial charge on any atom is -0.437 e. The van der Waals surface area contributed by atoms with E-state index in [-0.39, 0.29) is 0 Å². The first-order valence-electron chi connectivity index (χ1n) is 38.2. The average Bonchev–Trinajstić information content (AvgIpc) is 0.826. The Hall–Kier alpha value is 1.67. The van der Waals surface area contributed by atoms with Crippen LogP contribution in [-0.4, -0.2) is 146 Å². The van der Waals surface area contributed by atoms with Crippen LogP contribution in [0.3, 0.4) is 0 Å². The van der Waals surface area contributed by atoms with Gasteiger partial charge in [-0.3, -0.25) is 0 Å². The summed E-state index contributed by atoms with van der Waals surface area (Å²) >= 11 is 0. The van der Waals surface area contributed by atoms with Crippen molar-refractivity contribution in [3.63, 3.8) is 0 Å². The molecule has 0 saturated heterocycles. The number of nitrogens with two attached hydrogens (primary N) is 8. The minimum atomic E-state index is -3.25. The summed E-state index contributed by atoms with van der Waals surface area (Å²) in [5.41, 5.74) is 48.7. The van der Waals surface area contributed by atoms with Crippen molar-refractivity contribution < 1.29 is 41.2 Å². The normalized spacial score (nSPS) is 18.1. The van der Waals surface area contributed by atoms with E-state index in [1.807, 2.05) is 0 Å². The first kappa shape index (κ1) is 94.7. The summed E-state index contributed by atoms with van der Waals surface area (Å²) in [6.45, 7) is 42.6. The summed E-state index contributed by atoms with van der Waals surface area (Å²) in [6, 6.07) is 6.81. The van der Waals surface area contributed by atoms with Crippen LogP contribution in [0.2, 0.25) is 153 Å². The largest absolute Gasteiger partial charge is 0.437 e. The molecule has 0 saturated carbocycles. The van der Waals surface area contributed by atoms with E-state index in [1.165, 1.54) is 0 Å². The van der Waals surface area contributed by atoms with Crippen LogP contribution in [0.4, 0.5) is 0 Å². The van der Waals surface area contributed by atoms with Gasteiger partial charge < -0.3 is 87.0 Å². The maximum Gasteiger partial charge on any atom is 0.317 e. The lowest BCUT2D eigenvalue weighted by atomic mass is 10.2. The lowest BCUT2D eigenvalue weighted by Gasteiger charge is -2.49. The topological polar surface area (TPSA) is 300 Å². The van der Waals surface area contributed by atoms with Crippen LogP contribution in [-0.2, 0) is 41.2 Å². The van der Waals surface area contributed by atoms with Gasteiger partial charge in [-0.15, -0.1) is 0 Å². The fourth-order valence-corrected chi connectivity index (χ4v) is 73.0. The Bertz CT molecular complexity index is 1830. The van der Waals surface area contributed by atoms with Crippen molar-refractivity contribution in [2.24, 2.45) is 45.9 Å². The molecule has 0 heterocycles. The predicted octanol–water partition coefficient (Wildman–Crippen LogP) is 16.3. The van der Waals surface area contributed by atoms with Crippen LogP contribution in [0.5, 0.6) is 0 Å². The van der Waals surface area contributed by atoms with Crippen molar-refractivity contribution in [3.8, 4) is 0 Å². The Morgan fingerprint density at radius 1 is 0.151 bits per heavy atom. The molecule has 0 aromatic carbocycles. The molecule has 8 unspecified atom stereocenters. The Morgan fingerprint density at radius 3 is 0.419 bits per heavy atom. The second-order valence-corrected chi connectivity index (χ2v) is 72.9. The molecule has 0 fully saturated rings. The van der Waals surface area contributed by atoms with Crippen molar-refractivity contribution >= 4 is 93.7 Å². The van der Waals surface area contributed by atoms with E-state index in [1.54, 1.807) is 0 Å². The highest BCUT2D eigenvalue weighted by Crippen LogP contribution is 2.41. The lowest BCUT2D eigenvalue weighted by molar-refractivity contribution is 0.236. The Labute approximate surface area is 587 Å². The summed E-state index contributed by atoms with van der Waals surface area (Å²) in [5, 5.41) is 0. The monoisotopic (exact) mass is 1510 g/mol. The molecule has 18 nitrogen and oxygen atoms in total. The second-order valence-electron chi connectivity index (χ2n) is 31.3. The molecule has 0 aromatic heterocycles. The summed E-state index contributed by atoms with van der Waals surface area (Å²) < 4.78 is 78.8. The molecule has 0 aromatic rings. The number of hydrogen-bond donors (Lipinski definition) is 8. The highest BCUT2D eigenvalue weighted by Gasteiger charge is 2.57. The van der Waals surface area contributed by atoms with E-state index < -0.39 is 93.7 Å². The first-order chi connectivity index (χ1) is 43.6. The SMILES string of the molecule is C[Si](C)(C)O[Si](C)(C)O[Si](C)(CCCCCCN)O[Si](C)(CCCCCCN)O[Si](C)(CCCCCCN)O[Si](C)(CCCCCCN)O[Si](C)(CCCCCCN)O[Si](C)(CCCCCCN)O[Si](C)(CCCCCCN)O[Si](C)(CCCCCCN)O[Si](C)(C)C. The van der Waals surface area contributed by atoms with E-state index >= 15 is 0 Å². The highest BCUT2D eigenvalue weighted by molar-refractivity contribution is 6.94. The summed E-state index contributed by atoms with van der Waals surface area (Å²) in [6.07, 6.45) is 33.2. The first-order valence-corrected chi connectivity index (χ1v) is 68.0. The smallest absolute Gasteiger partial charge is 0.317 e. The van der Waals surface area contributed by atoms with Crippen molar-refractivity contribution in [2.75, 3.05) is 52.4 Å². The Morgan fingerprint density at radius 2 is 0.280 bits per heavy atom. The van der Waals surface area contributed by atoms with Crippen LogP contribution < -0.4 is 45.9 Å². The van der Waals surface area contributed by atoms with Crippen molar-refractivity contribution in [3.05, 3.63) is 0 Å². The molecule has 16 N–H and O–H groups in total. The van der Waals surface area contributed by atoms with Crippen LogP contribution in [0.1, 0.15) is 205 Å². The van der Waals surface area contributed by atoms with Gasteiger partial charge in [-0.2, -0.15) is 0 Å². The van der Waals surface area contributed by atoms with Crippen LogP contribution in [0.15, 0.2) is 0 Å². The standard InChI is InChI=1S/C64H160N8O10Si11/c1-83(2,3)73-85(7,8)75-87(10,58-42-26-18-34-50-66)77-89(12,60-44-28-20-36-52-68)79-91(14,62-46-30-22-38-54-70)81-93(16,64-48-32-24-40-56-72)82-92(15,63-47-31-23-39-55-71)80-90(13,61-45-29-21-37-53-69)78-88(11,59-43-27-19-35-51-67)76-86(9,74-84(4,5)6)57-41-25-17-33-49-65/h17-72H2,1-16H3. The van der Waals surface area contributed by atoms with Crippen molar-refractivity contribution in [1.82, 2.24) is 0 Å². The summed E-state index contributed by atoms with van der Waals surface area (Å²) in [5.74, 6) is 0. The fourth-order valence-electron chi connectivity index (χ4n) is 13.7. The van der Waals surface area contributed by atoms with Crippen molar-refractivity contribution in [1.29, 1.82) is 0 Å². The van der Waals surface area contributed by atoms with Gasteiger partial charge in [0.15, 0.2) is 16.6 Å². The maximum atomic E-state index is 8.28. The quantitative estimate of drug-likeness (QED) is 0.0207. The zero-order chi connectivity index (χ0) is 70.5. The van der Waals surface area contributed by atoms with E-state index in [0.29, 0.717) is 45.8 Å². The second kappa shape index (κ2) is 50.9. The molecule has 560 valence electrons. The van der Waals surface area contributed by atoms with Crippen LogP contribution in [0, 0.1) is 0 Å². The molecule has 0 aliphatic rings. The zero-order valence-corrected chi connectivity index (χ0v) is 75.1. The Kier molecular flexibility index (Phi) is 51.8. The van der Waals surface area contributed by atoms with Gasteiger partial charge in [0.05, 0.1) is 0 Å². The Balaban J connectivity index is 8.71. The molecule has 0 bridgehead atoms. The number of rotatable bonds is 68. The van der Waals surface area contributed by atoms with Gasteiger partial charge in [0, 0.05) is 0 Å². The van der Waals surface area contributed by atoms with Gasteiger partial charge in [0.2, 0.25) is 0 Å². The van der Waals surface area contributed by atoms with Gasteiger partial charge in [-0.1, -0.05) is 154 Å². The minimum absolute atomic E-state index is 0.683. The zero-order valence-electron chi connectivity index (χ0n) is 64.1. The third kappa shape index (κ3) is 49.8. The van der Waals surface area contributed by atoms with E-state index in [0.717, 1.165) is 260 Å². The van der Waals surface area contributed by atoms with E-state index in [2.05, 4.69) is 105 Å². The molecule has 0 aliphatic carbocycles. The van der Waals surface area contributed by atoms with Gasteiger partial charge >= 0.3 is 77.0 Å². The number of unbranched alkanes of at least 4 members (excludes halogenated alkanes) is 24. The van der Waals surface area contributed by atoms with E-state index in [9.17, 15) is 0 Å². The number of hydrogen-bond acceptors (Lipinski definition) is 18. The predicted molar refractivity (Wildman–Crippen MR) is 427 cm³/mol. The van der Waals surface area contributed by atoms with Gasteiger partial charge in [0.1, 0.15) is 0 Å². The lowest BCUT2D eigenvalue weighted by Crippen LogP contribution is -2.65. The molecule has 29 heteroatoms. The van der Waals surface area contributed by atoms with Gasteiger partial charge in [0.25, 0.3) is 0 Å². The third-order valence-corrected chi connectivity index (χ3v) is 63.8. The average molecular weight is 1510 g/mol. The van der Waals surface area contributed by atoms with Gasteiger partial charge in [-0.05, 0) is 257 Å². The maximum absolute atomic E-state index is 8.28. The molecule has 93 heavy (non-hydrogen) atoms. The third-order valence-electron chi connectivity index (χ3n) is 17.2. The fraction of sp³-hybridized carbons (Fsp3) is 1.00. The molecular weight excluding hydrogens is 1350 g/mol. The summed E-state index contributed by atoms with van der Waals surface area (Å²) in [7, 11) is -31.5. The van der Waals surface area contributed by atoms with E-state index in [4.69, 9.17) is 87.0 Å². The molecule has 0 aliphatic heterocycles. The molecule has 0 amide bonds. The molecular formula is C64H160N8O10Si11. The van der Waals surface area contributed by atoms with Gasteiger partial charge in [-0.25, -0.2) is 0 Å². The summed E-state index contributed by atoms with van der Waals surface area (Å²) in [4.78, 5) is 0. The highest BCUT2D eigenvalue weighted by atomic mass is 28.5. The molecule has 0 rings (SSSR count). The molecule has 0 spiro atoms. The van der Waals surface area contributed by atoms with Crippen LogP contribution >= 0.6 is 0 Å². The molecule has 8 atom stereocenters. The van der Waals surface area contributed by atoms with Crippen LogP contribution in [0.25, 0.3) is 0 Å². The molecule has 0 radical (unpaired) electrons. The van der Waals surface area contributed by atoms with Crippen molar-refractivity contribution in [2.45, 2.75) is 359 Å².